The third-order valence-electron chi connectivity index (χ3n) is 3.10. The van der Waals surface area contributed by atoms with E-state index in [1.54, 1.807) is 6.92 Å². The van der Waals surface area contributed by atoms with Crippen LogP contribution in [0.15, 0.2) is 0 Å². The molecule has 1 aliphatic rings. The summed E-state index contributed by atoms with van der Waals surface area (Å²) in [6.07, 6.45) is 3.53. The van der Waals surface area contributed by atoms with Gasteiger partial charge in [-0.1, -0.05) is 0 Å². The van der Waals surface area contributed by atoms with E-state index >= 15 is 0 Å². The number of ether oxygens (including phenoxy) is 1. The van der Waals surface area contributed by atoms with Gasteiger partial charge in [-0.15, -0.1) is 0 Å². The molecule has 1 amide bonds. The first-order chi connectivity index (χ1) is 8.29. The lowest BCUT2D eigenvalue weighted by Gasteiger charge is -2.36. The lowest BCUT2D eigenvalue weighted by atomic mass is 9.98. The van der Waals surface area contributed by atoms with Gasteiger partial charge in [0, 0.05) is 19.0 Å². The van der Waals surface area contributed by atoms with Crippen molar-refractivity contribution in [3.63, 3.8) is 0 Å². The quantitative estimate of drug-likeness (QED) is 0.773. The van der Waals surface area contributed by atoms with Gasteiger partial charge in [0.05, 0.1) is 5.60 Å². The molecule has 0 spiro atoms. The van der Waals surface area contributed by atoms with Crippen molar-refractivity contribution in [2.45, 2.75) is 65.0 Å². The highest BCUT2D eigenvalue weighted by Crippen LogP contribution is 2.20. The molecule has 4 nitrogen and oxygen atoms in total. The number of hydrogen-bond acceptors (Lipinski definition) is 3. The number of likely N-dealkylation sites (tertiary alicyclic amines) is 1. The van der Waals surface area contributed by atoms with E-state index in [4.69, 9.17) is 4.74 Å². The predicted octanol–water partition coefficient (Wildman–Crippen LogP) is 2.16. The second kappa shape index (κ2) is 6.32. The van der Waals surface area contributed by atoms with Crippen molar-refractivity contribution >= 4 is 11.7 Å². The number of Topliss-reactive ketones (excluding diaryl/α,β-unsaturated/α-hetero) is 1. The molecule has 18 heavy (non-hydrogen) atoms. The van der Waals surface area contributed by atoms with Gasteiger partial charge in [0.1, 0.15) is 12.4 Å². The Kier molecular flexibility index (Phi) is 5.32. The summed E-state index contributed by atoms with van der Waals surface area (Å²) >= 11 is 0. The third-order valence-corrected chi connectivity index (χ3v) is 3.10. The van der Waals surface area contributed by atoms with Gasteiger partial charge in [-0.2, -0.15) is 0 Å². The van der Waals surface area contributed by atoms with Gasteiger partial charge in [0.25, 0.3) is 0 Å². The van der Waals surface area contributed by atoms with E-state index in [2.05, 4.69) is 0 Å². The molecule has 0 aromatic rings. The SMILES string of the molecule is CC(=O)CC1CCCCN1C(=O)COC(C)(C)C. The molecule has 0 radical (unpaired) electrons. The lowest BCUT2D eigenvalue weighted by molar-refractivity contribution is -0.145. The van der Waals surface area contributed by atoms with Gasteiger partial charge < -0.3 is 9.64 Å². The molecule has 0 saturated carbocycles. The maximum Gasteiger partial charge on any atom is 0.248 e. The van der Waals surface area contributed by atoms with Crippen LogP contribution in [0.25, 0.3) is 0 Å². The molecule has 0 N–H and O–H groups in total. The summed E-state index contributed by atoms with van der Waals surface area (Å²) in [6, 6.07) is 0.0762. The summed E-state index contributed by atoms with van der Waals surface area (Å²) in [7, 11) is 0. The Morgan fingerprint density at radius 3 is 2.50 bits per heavy atom. The number of nitrogens with zero attached hydrogens (tertiary/aromatic N) is 1. The molecule has 0 bridgehead atoms. The Bertz CT molecular complexity index is 307. The average molecular weight is 255 g/mol. The first kappa shape index (κ1) is 15.2. The van der Waals surface area contributed by atoms with Crippen molar-refractivity contribution in [3.05, 3.63) is 0 Å². The summed E-state index contributed by atoms with van der Waals surface area (Å²) in [5.41, 5.74) is -0.304. The van der Waals surface area contributed by atoms with Crippen LogP contribution in [0.3, 0.4) is 0 Å². The molecular weight excluding hydrogens is 230 g/mol. The van der Waals surface area contributed by atoms with Crippen molar-refractivity contribution < 1.29 is 14.3 Å². The fourth-order valence-electron chi connectivity index (χ4n) is 2.23. The molecular formula is C14H25NO3. The molecule has 1 heterocycles. The maximum absolute atomic E-state index is 12.1. The molecule has 1 rings (SSSR count). The molecule has 1 atom stereocenters. The van der Waals surface area contributed by atoms with Crippen LogP contribution in [0.4, 0.5) is 0 Å². The highest BCUT2D eigenvalue weighted by atomic mass is 16.5. The molecule has 0 aliphatic carbocycles. The van der Waals surface area contributed by atoms with Crippen LogP contribution in [0.1, 0.15) is 53.4 Å². The largest absolute Gasteiger partial charge is 0.366 e. The van der Waals surface area contributed by atoms with Gasteiger partial charge in [-0.05, 0) is 47.0 Å². The highest BCUT2D eigenvalue weighted by molar-refractivity contribution is 5.80. The number of rotatable bonds is 4. The first-order valence-corrected chi connectivity index (χ1v) is 6.72. The van der Waals surface area contributed by atoms with Gasteiger partial charge in [-0.3, -0.25) is 9.59 Å². The minimum Gasteiger partial charge on any atom is -0.366 e. The Hall–Kier alpha value is -0.900. The minimum absolute atomic E-state index is 0.0101. The van der Waals surface area contributed by atoms with Crippen molar-refractivity contribution in [2.75, 3.05) is 13.2 Å². The minimum atomic E-state index is -0.304. The maximum atomic E-state index is 12.1. The Morgan fingerprint density at radius 2 is 1.94 bits per heavy atom. The number of amides is 1. The zero-order valence-corrected chi connectivity index (χ0v) is 12.0. The third kappa shape index (κ3) is 5.17. The fourth-order valence-corrected chi connectivity index (χ4v) is 2.23. The number of hydrogen-bond donors (Lipinski definition) is 0. The van der Waals surface area contributed by atoms with E-state index in [0.717, 1.165) is 25.8 Å². The Balaban J connectivity index is 2.54. The summed E-state index contributed by atoms with van der Waals surface area (Å²) in [5, 5.41) is 0. The van der Waals surface area contributed by atoms with E-state index in [1.807, 2.05) is 25.7 Å². The van der Waals surface area contributed by atoms with E-state index < -0.39 is 0 Å². The van der Waals surface area contributed by atoms with E-state index in [-0.39, 0.29) is 29.9 Å². The molecule has 4 heteroatoms. The lowest BCUT2D eigenvalue weighted by Crippen LogP contribution is -2.46. The monoisotopic (exact) mass is 255 g/mol. The number of carbonyl (C=O) groups excluding carboxylic acids is 2. The normalized spacial score (nSPS) is 20.9. The second-order valence-corrected chi connectivity index (χ2v) is 6.04. The van der Waals surface area contributed by atoms with Crippen molar-refractivity contribution in [1.82, 2.24) is 4.90 Å². The molecule has 1 saturated heterocycles. The van der Waals surface area contributed by atoms with Crippen molar-refractivity contribution in [1.29, 1.82) is 0 Å². The first-order valence-electron chi connectivity index (χ1n) is 6.72. The van der Waals surface area contributed by atoms with Crippen molar-refractivity contribution in [3.8, 4) is 0 Å². The Labute approximate surface area is 110 Å². The predicted molar refractivity (Wildman–Crippen MR) is 70.4 cm³/mol. The summed E-state index contributed by atoms with van der Waals surface area (Å²) in [5.74, 6) is 0.160. The number of piperidine rings is 1. The van der Waals surface area contributed by atoms with Crippen LogP contribution in [0.5, 0.6) is 0 Å². The zero-order valence-electron chi connectivity index (χ0n) is 12.0. The van der Waals surface area contributed by atoms with Crippen LogP contribution in [-0.2, 0) is 14.3 Å². The highest BCUT2D eigenvalue weighted by Gasteiger charge is 2.28. The molecule has 1 unspecified atom stereocenters. The van der Waals surface area contributed by atoms with E-state index in [9.17, 15) is 9.59 Å². The second-order valence-electron chi connectivity index (χ2n) is 6.04. The van der Waals surface area contributed by atoms with Gasteiger partial charge in [-0.25, -0.2) is 0 Å². The summed E-state index contributed by atoms with van der Waals surface area (Å²) in [6.45, 7) is 8.25. The number of carbonyl (C=O) groups is 2. The van der Waals surface area contributed by atoms with Gasteiger partial charge >= 0.3 is 0 Å². The number of ketones is 1. The van der Waals surface area contributed by atoms with E-state index in [1.165, 1.54) is 0 Å². The summed E-state index contributed by atoms with van der Waals surface area (Å²) in [4.78, 5) is 25.2. The molecule has 0 aromatic carbocycles. The fraction of sp³-hybridized carbons (Fsp3) is 0.857. The molecule has 0 aromatic heterocycles. The average Bonchev–Trinajstić information content (AvgIpc) is 2.25. The van der Waals surface area contributed by atoms with Crippen molar-refractivity contribution in [2.24, 2.45) is 0 Å². The Morgan fingerprint density at radius 1 is 1.28 bits per heavy atom. The standard InChI is InChI=1S/C14H25NO3/c1-11(16)9-12-7-5-6-8-15(12)13(17)10-18-14(2,3)4/h12H,5-10H2,1-4H3. The molecule has 1 fully saturated rings. The van der Waals surface area contributed by atoms with Crippen LogP contribution < -0.4 is 0 Å². The summed E-state index contributed by atoms with van der Waals surface area (Å²) < 4.78 is 5.52. The smallest absolute Gasteiger partial charge is 0.248 e. The van der Waals surface area contributed by atoms with Crippen LogP contribution in [-0.4, -0.2) is 41.4 Å². The van der Waals surface area contributed by atoms with Gasteiger partial charge in [0.15, 0.2) is 0 Å². The van der Waals surface area contributed by atoms with E-state index in [0.29, 0.717) is 6.42 Å². The van der Waals surface area contributed by atoms with Crippen LogP contribution in [0, 0.1) is 0 Å². The van der Waals surface area contributed by atoms with Gasteiger partial charge in [0.2, 0.25) is 5.91 Å². The van der Waals surface area contributed by atoms with Crippen LogP contribution >= 0.6 is 0 Å². The zero-order chi connectivity index (χ0) is 13.8. The van der Waals surface area contributed by atoms with Crippen LogP contribution in [0.2, 0.25) is 0 Å². The topological polar surface area (TPSA) is 46.6 Å². The molecule has 1 aliphatic heterocycles. The molecule has 104 valence electrons.